The third-order valence-corrected chi connectivity index (χ3v) is 7.40. The van der Waals surface area contributed by atoms with Gasteiger partial charge in [-0.3, -0.25) is 9.52 Å². The van der Waals surface area contributed by atoms with Crippen LogP contribution in [0.3, 0.4) is 0 Å². The number of carbonyl (C=O) groups is 2. The van der Waals surface area contributed by atoms with Crippen molar-refractivity contribution < 1.29 is 41.0 Å². The fraction of sp³-hybridized carbons (Fsp3) is 0.500. The molecular formula is C28H39F3N4O6S. The average Bonchev–Trinajstić information content (AvgIpc) is 2.92. The van der Waals surface area contributed by atoms with Gasteiger partial charge >= 0.3 is 12.1 Å². The first kappa shape index (κ1) is 34.7. The third kappa shape index (κ3) is 10.4. The molecule has 234 valence electrons. The van der Waals surface area contributed by atoms with Gasteiger partial charge in [0.15, 0.2) is 0 Å². The van der Waals surface area contributed by atoms with Gasteiger partial charge in [0.25, 0.3) is 15.9 Å². The summed E-state index contributed by atoms with van der Waals surface area (Å²) in [6, 6.07) is 11.6. The zero-order chi connectivity index (χ0) is 31.7. The summed E-state index contributed by atoms with van der Waals surface area (Å²) in [6.45, 7) is 12.7. The van der Waals surface area contributed by atoms with Gasteiger partial charge in [0.2, 0.25) is 0 Å². The number of methoxy groups -OCH3 is 1. The second kappa shape index (κ2) is 15.1. The molecule has 1 fully saturated rings. The molecule has 0 bridgehead atoms. The van der Waals surface area contributed by atoms with E-state index in [-0.39, 0.29) is 10.8 Å². The smallest absolute Gasteiger partial charge is 0.490 e. The van der Waals surface area contributed by atoms with Crippen LogP contribution in [0.4, 0.5) is 24.5 Å². The minimum absolute atomic E-state index is 0.0934. The van der Waals surface area contributed by atoms with E-state index in [9.17, 15) is 26.4 Å². The van der Waals surface area contributed by atoms with Gasteiger partial charge in [-0.05, 0) is 54.3 Å². The number of alkyl halides is 3. The fourth-order valence-corrected chi connectivity index (χ4v) is 5.26. The summed E-state index contributed by atoms with van der Waals surface area (Å²) in [5.41, 5.74) is 1.64. The van der Waals surface area contributed by atoms with Crippen molar-refractivity contribution in [2.24, 2.45) is 11.8 Å². The molecule has 3 rings (SSSR count). The lowest BCUT2D eigenvalue weighted by molar-refractivity contribution is -0.192. The highest BCUT2D eigenvalue weighted by Crippen LogP contribution is 2.31. The summed E-state index contributed by atoms with van der Waals surface area (Å²) in [6.07, 6.45) is -5.08. The van der Waals surface area contributed by atoms with Gasteiger partial charge < -0.3 is 25.0 Å². The number of ether oxygens (including phenoxy) is 1. The lowest BCUT2D eigenvalue weighted by Crippen LogP contribution is -2.44. The van der Waals surface area contributed by atoms with Gasteiger partial charge in [0.05, 0.1) is 23.4 Å². The Morgan fingerprint density at radius 3 is 2.00 bits per heavy atom. The lowest BCUT2D eigenvalue weighted by atomic mass is 10.1. The number of piperazine rings is 1. The van der Waals surface area contributed by atoms with E-state index < -0.39 is 22.2 Å². The molecule has 0 atom stereocenters. The Labute approximate surface area is 244 Å². The monoisotopic (exact) mass is 616 g/mol. The van der Waals surface area contributed by atoms with Gasteiger partial charge in [-0.25, -0.2) is 13.2 Å². The van der Waals surface area contributed by atoms with Crippen LogP contribution in [-0.4, -0.2) is 82.9 Å². The van der Waals surface area contributed by atoms with Gasteiger partial charge in [0.1, 0.15) is 5.75 Å². The van der Waals surface area contributed by atoms with Crippen LogP contribution in [0.25, 0.3) is 0 Å². The number of carboxylic acid groups (broad SMARTS) is 1. The third-order valence-electron chi connectivity index (χ3n) is 6.02. The topological polar surface area (TPSA) is 128 Å². The van der Waals surface area contributed by atoms with Crippen molar-refractivity contribution >= 4 is 33.3 Å². The number of hydrogen-bond acceptors (Lipinski definition) is 7. The fourth-order valence-electron chi connectivity index (χ4n) is 4.20. The number of amides is 1. The highest BCUT2D eigenvalue weighted by atomic mass is 32.2. The van der Waals surface area contributed by atoms with E-state index in [1.807, 2.05) is 11.0 Å². The SMILES string of the molecule is COc1ccc(S(=O)(=O)Nc2cc(C(=O)N(CC(C)C)CC(C)C)ccc2N2CCNCC2)cc1.O=C(O)C(F)(F)F. The zero-order valence-electron chi connectivity index (χ0n) is 24.4. The number of benzene rings is 2. The number of rotatable bonds is 10. The van der Waals surface area contributed by atoms with Crippen LogP contribution in [0, 0.1) is 11.8 Å². The number of carbonyl (C=O) groups excluding carboxylic acids is 1. The van der Waals surface area contributed by atoms with E-state index in [0.29, 0.717) is 41.9 Å². The maximum atomic E-state index is 13.5. The summed E-state index contributed by atoms with van der Waals surface area (Å²) >= 11 is 0. The molecule has 3 N–H and O–H groups in total. The van der Waals surface area contributed by atoms with Crippen molar-refractivity contribution in [1.29, 1.82) is 0 Å². The summed E-state index contributed by atoms with van der Waals surface area (Å²) in [7, 11) is -2.34. The molecule has 2 aromatic rings. The highest BCUT2D eigenvalue weighted by molar-refractivity contribution is 7.92. The molecule has 0 saturated carbocycles. The van der Waals surface area contributed by atoms with Crippen molar-refractivity contribution in [3.05, 3.63) is 48.0 Å². The lowest BCUT2D eigenvalue weighted by Gasteiger charge is -2.32. The number of halogens is 3. The number of nitrogens with one attached hydrogen (secondary N) is 2. The maximum absolute atomic E-state index is 13.5. The van der Waals surface area contributed by atoms with Crippen molar-refractivity contribution in [3.8, 4) is 5.75 Å². The van der Waals surface area contributed by atoms with Crippen LogP contribution in [0.5, 0.6) is 5.75 Å². The number of hydrogen-bond donors (Lipinski definition) is 3. The van der Waals surface area contributed by atoms with E-state index in [0.717, 1.165) is 31.9 Å². The first-order chi connectivity index (χ1) is 19.5. The van der Waals surface area contributed by atoms with Crippen LogP contribution in [0.2, 0.25) is 0 Å². The van der Waals surface area contributed by atoms with Gasteiger partial charge in [-0.1, -0.05) is 27.7 Å². The minimum Gasteiger partial charge on any atom is -0.497 e. The molecule has 1 heterocycles. The second-order valence-corrected chi connectivity index (χ2v) is 12.2. The van der Waals surface area contributed by atoms with E-state index in [4.69, 9.17) is 14.6 Å². The number of anilines is 2. The van der Waals surface area contributed by atoms with Crippen LogP contribution in [0.1, 0.15) is 38.1 Å². The van der Waals surface area contributed by atoms with Gasteiger partial charge in [-0.2, -0.15) is 13.2 Å². The van der Waals surface area contributed by atoms with Crippen molar-refractivity contribution in [2.45, 2.75) is 38.8 Å². The van der Waals surface area contributed by atoms with Crippen molar-refractivity contribution in [3.63, 3.8) is 0 Å². The number of sulfonamides is 1. The van der Waals surface area contributed by atoms with Crippen molar-refractivity contribution in [2.75, 3.05) is 56.0 Å². The van der Waals surface area contributed by atoms with E-state index >= 15 is 0 Å². The molecule has 0 unspecified atom stereocenters. The zero-order valence-corrected chi connectivity index (χ0v) is 25.2. The molecule has 0 aliphatic carbocycles. The summed E-state index contributed by atoms with van der Waals surface area (Å²) in [5.74, 6) is -1.62. The molecule has 0 aromatic heterocycles. The Kier molecular flexibility index (Phi) is 12.5. The number of carboxylic acids is 1. The Morgan fingerprint density at radius 1 is 1.02 bits per heavy atom. The minimum atomic E-state index is -5.08. The molecule has 14 heteroatoms. The normalized spacial score (nSPS) is 13.8. The van der Waals surface area contributed by atoms with E-state index in [1.54, 1.807) is 24.3 Å². The first-order valence-electron chi connectivity index (χ1n) is 13.4. The molecule has 2 aromatic carbocycles. The highest BCUT2D eigenvalue weighted by Gasteiger charge is 2.38. The molecule has 1 amide bonds. The summed E-state index contributed by atoms with van der Waals surface area (Å²) in [4.78, 5) is 26.5. The molecule has 10 nitrogen and oxygen atoms in total. The number of aliphatic carboxylic acids is 1. The van der Waals surface area contributed by atoms with Gasteiger partial charge in [-0.15, -0.1) is 0 Å². The predicted molar refractivity (Wildman–Crippen MR) is 155 cm³/mol. The molecule has 0 radical (unpaired) electrons. The molecule has 1 aliphatic heterocycles. The standard InChI is InChI=1S/C26H38N4O4S.C2HF3O2/c1-19(2)17-30(18-20(3)4)26(31)21-6-11-25(29-14-12-27-13-15-29)24(16-21)28-35(32,33)23-9-7-22(34-5)8-10-23;3-2(4,5)1(6)7/h6-11,16,19-20,27-28H,12-15,17-18H2,1-5H3;(H,6,7). The molecule has 0 spiro atoms. The molecular weight excluding hydrogens is 577 g/mol. The second-order valence-electron chi connectivity index (χ2n) is 10.6. The Morgan fingerprint density at radius 2 is 1.55 bits per heavy atom. The van der Waals surface area contributed by atoms with Crippen LogP contribution in [-0.2, 0) is 14.8 Å². The first-order valence-corrected chi connectivity index (χ1v) is 14.9. The Balaban J connectivity index is 0.000000782. The molecule has 42 heavy (non-hydrogen) atoms. The maximum Gasteiger partial charge on any atom is 0.490 e. The van der Waals surface area contributed by atoms with Crippen molar-refractivity contribution in [1.82, 2.24) is 10.2 Å². The molecule has 1 aliphatic rings. The Bertz CT molecular complexity index is 1290. The van der Waals surface area contributed by atoms with Crippen LogP contribution in [0.15, 0.2) is 47.4 Å². The van der Waals surface area contributed by atoms with Crippen LogP contribution < -0.4 is 19.7 Å². The van der Waals surface area contributed by atoms with E-state index in [1.165, 1.54) is 19.2 Å². The summed E-state index contributed by atoms with van der Waals surface area (Å²) < 4.78 is 66.2. The van der Waals surface area contributed by atoms with Gasteiger partial charge in [0, 0.05) is 44.8 Å². The van der Waals surface area contributed by atoms with E-state index in [2.05, 4.69) is 42.6 Å². The van der Waals surface area contributed by atoms with Crippen LogP contribution >= 0.6 is 0 Å². The largest absolute Gasteiger partial charge is 0.497 e. The average molecular weight is 617 g/mol. The predicted octanol–water partition coefficient (Wildman–Crippen LogP) is 4.29. The Hall–Kier alpha value is -3.52. The molecule has 1 saturated heterocycles. The number of nitrogens with zero attached hydrogens (tertiary/aromatic N) is 2. The summed E-state index contributed by atoms with van der Waals surface area (Å²) in [5, 5.41) is 10.4. The quantitative estimate of drug-likeness (QED) is 0.361.